The highest BCUT2D eigenvalue weighted by Crippen LogP contribution is 2.30. The third kappa shape index (κ3) is 2.88. The maximum absolute atomic E-state index is 12.8. The van der Waals surface area contributed by atoms with Crippen LogP contribution < -0.4 is 5.73 Å². The first-order chi connectivity index (χ1) is 9.46. The number of sulfonamides is 1. The molecule has 0 radical (unpaired) electrons. The van der Waals surface area contributed by atoms with E-state index in [1.807, 2.05) is 6.92 Å². The Kier molecular flexibility index (Phi) is 4.48. The monoisotopic (exact) mass is 292 g/mol. The minimum atomic E-state index is -3.49. The van der Waals surface area contributed by atoms with Crippen LogP contribution >= 0.6 is 0 Å². The molecular weight excluding hydrogens is 272 g/mol. The van der Waals surface area contributed by atoms with Crippen LogP contribution in [0.3, 0.4) is 0 Å². The van der Waals surface area contributed by atoms with Gasteiger partial charge < -0.3 is 5.73 Å². The van der Waals surface area contributed by atoms with Crippen LogP contribution in [0.5, 0.6) is 0 Å². The van der Waals surface area contributed by atoms with Crippen molar-refractivity contribution in [3.05, 3.63) is 29.8 Å². The zero-order valence-electron chi connectivity index (χ0n) is 11.8. The standard InChI is InChI=1S/C15H20N2O2S/c1-12-10-13(2)17(11-12)20(18,19)15-8-4-3-6-14(15)7-5-9-16/h3-4,6,8,12-13H,9-11,16H2,1-2H3. The lowest BCUT2D eigenvalue weighted by Crippen LogP contribution is -2.34. The third-order valence-electron chi connectivity index (χ3n) is 3.53. The van der Waals surface area contributed by atoms with Crippen LogP contribution in [0.15, 0.2) is 29.2 Å². The molecule has 1 aliphatic heterocycles. The molecule has 4 nitrogen and oxygen atoms in total. The molecule has 2 unspecified atom stereocenters. The van der Waals surface area contributed by atoms with E-state index in [0.717, 1.165) is 6.42 Å². The molecule has 1 heterocycles. The molecule has 1 aliphatic rings. The molecule has 0 aliphatic carbocycles. The summed E-state index contributed by atoms with van der Waals surface area (Å²) in [5.41, 5.74) is 5.88. The quantitative estimate of drug-likeness (QED) is 0.838. The Morgan fingerprint density at radius 3 is 2.65 bits per heavy atom. The first-order valence-corrected chi connectivity index (χ1v) is 8.20. The van der Waals surface area contributed by atoms with Crippen LogP contribution in [-0.2, 0) is 10.0 Å². The molecule has 108 valence electrons. The average Bonchev–Trinajstić information content (AvgIpc) is 2.76. The number of nitrogens with zero attached hydrogens (tertiary/aromatic N) is 1. The molecule has 1 fully saturated rings. The Hall–Kier alpha value is -1.35. The van der Waals surface area contributed by atoms with Gasteiger partial charge in [-0.3, -0.25) is 0 Å². The Bertz CT molecular complexity index is 643. The average molecular weight is 292 g/mol. The summed E-state index contributed by atoms with van der Waals surface area (Å²) < 4.78 is 27.2. The summed E-state index contributed by atoms with van der Waals surface area (Å²) in [5.74, 6) is 5.96. The lowest BCUT2D eigenvalue weighted by Gasteiger charge is -2.21. The van der Waals surface area contributed by atoms with Gasteiger partial charge in [0.2, 0.25) is 10.0 Å². The van der Waals surface area contributed by atoms with E-state index < -0.39 is 10.0 Å². The van der Waals surface area contributed by atoms with E-state index >= 15 is 0 Å². The van der Waals surface area contributed by atoms with Crippen molar-refractivity contribution in [1.29, 1.82) is 0 Å². The molecule has 2 N–H and O–H groups in total. The summed E-state index contributed by atoms with van der Waals surface area (Å²) in [7, 11) is -3.49. The van der Waals surface area contributed by atoms with Gasteiger partial charge >= 0.3 is 0 Å². The second kappa shape index (κ2) is 5.96. The smallest absolute Gasteiger partial charge is 0.244 e. The van der Waals surface area contributed by atoms with Gasteiger partial charge in [-0.1, -0.05) is 30.9 Å². The molecule has 1 saturated heterocycles. The fraction of sp³-hybridized carbons (Fsp3) is 0.467. The van der Waals surface area contributed by atoms with E-state index in [-0.39, 0.29) is 17.5 Å². The van der Waals surface area contributed by atoms with Gasteiger partial charge in [0.1, 0.15) is 0 Å². The Balaban J connectivity index is 2.45. The maximum atomic E-state index is 12.8. The zero-order valence-corrected chi connectivity index (χ0v) is 12.7. The van der Waals surface area contributed by atoms with Crippen molar-refractivity contribution in [3.63, 3.8) is 0 Å². The molecule has 0 saturated carbocycles. The predicted molar refractivity (Wildman–Crippen MR) is 79.5 cm³/mol. The minimum absolute atomic E-state index is 0.0329. The van der Waals surface area contributed by atoms with Crippen molar-refractivity contribution in [2.45, 2.75) is 31.2 Å². The van der Waals surface area contributed by atoms with Crippen molar-refractivity contribution < 1.29 is 8.42 Å². The molecule has 2 atom stereocenters. The van der Waals surface area contributed by atoms with Crippen molar-refractivity contribution in [1.82, 2.24) is 4.31 Å². The van der Waals surface area contributed by atoms with Gasteiger partial charge in [-0.2, -0.15) is 4.31 Å². The van der Waals surface area contributed by atoms with E-state index in [1.165, 1.54) is 0 Å². The zero-order chi connectivity index (χ0) is 14.8. The molecule has 20 heavy (non-hydrogen) atoms. The maximum Gasteiger partial charge on any atom is 0.244 e. The van der Waals surface area contributed by atoms with E-state index in [4.69, 9.17) is 5.73 Å². The summed E-state index contributed by atoms with van der Waals surface area (Å²) in [6.07, 6.45) is 0.899. The van der Waals surface area contributed by atoms with Crippen molar-refractivity contribution >= 4 is 10.0 Å². The topological polar surface area (TPSA) is 63.4 Å². The van der Waals surface area contributed by atoms with E-state index in [1.54, 1.807) is 28.6 Å². The normalized spacial score (nSPS) is 23.4. The number of hydrogen-bond acceptors (Lipinski definition) is 3. The Morgan fingerprint density at radius 1 is 1.35 bits per heavy atom. The van der Waals surface area contributed by atoms with Crippen LogP contribution in [0, 0.1) is 17.8 Å². The van der Waals surface area contributed by atoms with Gasteiger partial charge in [0.15, 0.2) is 0 Å². The highest BCUT2D eigenvalue weighted by molar-refractivity contribution is 7.89. The summed E-state index contributed by atoms with van der Waals surface area (Å²) in [6, 6.07) is 6.89. The second-order valence-corrected chi connectivity index (χ2v) is 7.13. The van der Waals surface area contributed by atoms with E-state index in [2.05, 4.69) is 18.8 Å². The first kappa shape index (κ1) is 15.0. The summed E-state index contributed by atoms with van der Waals surface area (Å²) in [4.78, 5) is 0.280. The summed E-state index contributed by atoms with van der Waals surface area (Å²) in [5, 5.41) is 0. The van der Waals surface area contributed by atoms with Gasteiger partial charge in [-0.15, -0.1) is 0 Å². The highest BCUT2D eigenvalue weighted by atomic mass is 32.2. The third-order valence-corrected chi connectivity index (χ3v) is 5.56. The number of rotatable bonds is 2. The van der Waals surface area contributed by atoms with Gasteiger partial charge in [-0.05, 0) is 31.4 Å². The van der Waals surface area contributed by atoms with Gasteiger partial charge in [-0.25, -0.2) is 8.42 Å². The van der Waals surface area contributed by atoms with Gasteiger partial charge in [0, 0.05) is 18.2 Å². The number of benzene rings is 1. The molecule has 5 heteroatoms. The molecular formula is C15H20N2O2S. The summed E-state index contributed by atoms with van der Waals surface area (Å²) >= 11 is 0. The lowest BCUT2D eigenvalue weighted by molar-refractivity contribution is 0.405. The van der Waals surface area contributed by atoms with E-state index in [0.29, 0.717) is 18.0 Å². The Labute approximate surface area is 121 Å². The van der Waals surface area contributed by atoms with Crippen LogP contribution in [0.2, 0.25) is 0 Å². The highest BCUT2D eigenvalue weighted by Gasteiger charge is 2.36. The number of hydrogen-bond donors (Lipinski definition) is 1. The molecule has 2 rings (SSSR count). The van der Waals surface area contributed by atoms with Gasteiger partial charge in [0.05, 0.1) is 11.4 Å². The van der Waals surface area contributed by atoms with E-state index in [9.17, 15) is 8.42 Å². The number of nitrogens with two attached hydrogens (primary N) is 1. The van der Waals surface area contributed by atoms with Crippen LogP contribution in [0.4, 0.5) is 0 Å². The molecule has 0 spiro atoms. The second-order valence-electron chi connectivity index (χ2n) is 5.27. The molecule has 0 aromatic heterocycles. The molecule has 1 aromatic rings. The van der Waals surface area contributed by atoms with Crippen molar-refractivity contribution in [3.8, 4) is 11.8 Å². The van der Waals surface area contributed by atoms with Crippen LogP contribution in [-0.4, -0.2) is 31.9 Å². The van der Waals surface area contributed by atoms with Crippen molar-refractivity contribution in [2.75, 3.05) is 13.1 Å². The molecule has 0 amide bonds. The minimum Gasteiger partial charge on any atom is -0.320 e. The first-order valence-electron chi connectivity index (χ1n) is 6.76. The van der Waals surface area contributed by atoms with Crippen LogP contribution in [0.1, 0.15) is 25.8 Å². The molecule has 1 aromatic carbocycles. The SMILES string of the molecule is CC1CC(C)N(S(=O)(=O)c2ccccc2C#CCN)C1. The predicted octanol–water partition coefficient (Wildman–Crippen LogP) is 1.42. The van der Waals surface area contributed by atoms with Crippen molar-refractivity contribution in [2.24, 2.45) is 11.7 Å². The largest absolute Gasteiger partial charge is 0.320 e. The summed E-state index contributed by atoms with van der Waals surface area (Å²) in [6.45, 7) is 4.81. The van der Waals surface area contributed by atoms with Crippen LogP contribution in [0.25, 0.3) is 0 Å². The lowest BCUT2D eigenvalue weighted by atomic mass is 10.1. The van der Waals surface area contributed by atoms with Gasteiger partial charge in [0.25, 0.3) is 0 Å². The fourth-order valence-corrected chi connectivity index (χ4v) is 4.57. The molecule has 0 bridgehead atoms. The fourth-order valence-electron chi connectivity index (χ4n) is 2.66. The Morgan fingerprint density at radius 2 is 2.05 bits per heavy atom.